The maximum absolute atomic E-state index is 12.4. The van der Waals surface area contributed by atoms with Crippen LogP contribution in [0.15, 0.2) is 30.3 Å². The molecule has 1 aromatic rings. The molecule has 0 spiro atoms. The molecule has 0 aliphatic carbocycles. The molecular formula is C17H24N2O3. The van der Waals surface area contributed by atoms with Crippen LogP contribution in [0.4, 0.5) is 4.79 Å². The van der Waals surface area contributed by atoms with Gasteiger partial charge in [-0.1, -0.05) is 18.2 Å². The summed E-state index contributed by atoms with van der Waals surface area (Å²) in [6.45, 7) is 6.74. The van der Waals surface area contributed by atoms with Crippen LogP contribution in [-0.2, 0) is 4.74 Å². The summed E-state index contributed by atoms with van der Waals surface area (Å²) in [6, 6.07) is 9.23. The largest absolute Gasteiger partial charge is 0.444 e. The molecule has 0 aromatic heterocycles. The Morgan fingerprint density at radius 2 is 1.86 bits per heavy atom. The average Bonchev–Trinajstić information content (AvgIpc) is 2.94. The number of nitrogens with zero attached hydrogens (tertiary/aromatic N) is 2. The molecule has 1 atom stereocenters. The van der Waals surface area contributed by atoms with Crippen molar-refractivity contribution in [2.24, 2.45) is 0 Å². The van der Waals surface area contributed by atoms with Crippen molar-refractivity contribution >= 4 is 12.0 Å². The van der Waals surface area contributed by atoms with Crippen LogP contribution in [0.2, 0.25) is 0 Å². The molecule has 1 fully saturated rings. The summed E-state index contributed by atoms with van der Waals surface area (Å²) in [5.41, 5.74) is 0.173. The topological polar surface area (TPSA) is 49.9 Å². The number of carbonyl (C=O) groups is 2. The molecule has 1 saturated heterocycles. The number of rotatable bonds is 2. The van der Waals surface area contributed by atoms with Gasteiger partial charge in [-0.05, 0) is 39.3 Å². The van der Waals surface area contributed by atoms with Gasteiger partial charge in [0.05, 0.1) is 6.04 Å². The van der Waals surface area contributed by atoms with Crippen LogP contribution in [0.5, 0.6) is 0 Å². The van der Waals surface area contributed by atoms with E-state index in [-0.39, 0.29) is 18.0 Å². The molecule has 0 radical (unpaired) electrons. The first-order valence-corrected chi connectivity index (χ1v) is 7.58. The van der Waals surface area contributed by atoms with Crippen molar-refractivity contribution in [2.45, 2.75) is 38.8 Å². The fraction of sp³-hybridized carbons (Fsp3) is 0.529. The third-order valence-electron chi connectivity index (χ3n) is 3.70. The Hall–Kier alpha value is -2.04. The van der Waals surface area contributed by atoms with Crippen molar-refractivity contribution in [2.75, 3.05) is 20.1 Å². The Labute approximate surface area is 131 Å². The van der Waals surface area contributed by atoms with Gasteiger partial charge in [-0.3, -0.25) is 4.79 Å². The van der Waals surface area contributed by atoms with Crippen molar-refractivity contribution in [3.05, 3.63) is 35.9 Å². The minimum absolute atomic E-state index is 0.00233. The lowest BCUT2D eigenvalue weighted by atomic mass is 10.2. The zero-order chi connectivity index (χ0) is 16.3. The Morgan fingerprint density at radius 1 is 1.23 bits per heavy atom. The Balaban J connectivity index is 1.95. The fourth-order valence-corrected chi connectivity index (χ4v) is 2.49. The van der Waals surface area contributed by atoms with Gasteiger partial charge in [0.1, 0.15) is 5.60 Å². The lowest BCUT2D eigenvalue weighted by Gasteiger charge is -2.28. The second-order valence-electron chi connectivity index (χ2n) is 6.65. The molecule has 1 aliphatic heterocycles. The van der Waals surface area contributed by atoms with Gasteiger partial charge in [0.25, 0.3) is 5.91 Å². The molecule has 5 nitrogen and oxygen atoms in total. The Kier molecular flexibility index (Phi) is 4.74. The number of carbonyl (C=O) groups excluding carboxylic acids is 2. The van der Waals surface area contributed by atoms with Crippen LogP contribution in [0.25, 0.3) is 0 Å². The van der Waals surface area contributed by atoms with Crippen molar-refractivity contribution in [1.29, 1.82) is 0 Å². The number of hydrogen-bond donors (Lipinski definition) is 0. The third kappa shape index (κ3) is 4.00. The number of hydrogen-bond acceptors (Lipinski definition) is 3. The predicted octanol–water partition coefficient (Wildman–Crippen LogP) is 2.77. The van der Waals surface area contributed by atoms with E-state index in [9.17, 15) is 9.59 Å². The molecule has 1 heterocycles. The molecule has 120 valence electrons. The molecular weight excluding hydrogens is 280 g/mol. The predicted molar refractivity (Wildman–Crippen MR) is 84.7 cm³/mol. The molecule has 1 aromatic carbocycles. The van der Waals surface area contributed by atoms with Gasteiger partial charge >= 0.3 is 6.09 Å². The van der Waals surface area contributed by atoms with Crippen LogP contribution in [0.1, 0.15) is 37.6 Å². The summed E-state index contributed by atoms with van der Waals surface area (Å²) in [4.78, 5) is 27.9. The monoisotopic (exact) mass is 304 g/mol. The third-order valence-corrected chi connectivity index (χ3v) is 3.70. The van der Waals surface area contributed by atoms with Crippen molar-refractivity contribution in [1.82, 2.24) is 9.80 Å². The van der Waals surface area contributed by atoms with E-state index in [0.717, 1.165) is 6.42 Å². The van der Waals surface area contributed by atoms with Crippen molar-refractivity contribution in [3.63, 3.8) is 0 Å². The summed E-state index contributed by atoms with van der Waals surface area (Å²) in [7, 11) is 1.73. The summed E-state index contributed by atoms with van der Waals surface area (Å²) in [5.74, 6) is 0.0145. The maximum atomic E-state index is 12.4. The van der Waals surface area contributed by atoms with Gasteiger partial charge < -0.3 is 14.5 Å². The van der Waals surface area contributed by atoms with Gasteiger partial charge in [-0.25, -0.2) is 4.79 Å². The number of amides is 2. The van der Waals surface area contributed by atoms with Crippen LogP contribution < -0.4 is 0 Å². The van der Waals surface area contributed by atoms with E-state index in [2.05, 4.69) is 0 Å². The zero-order valence-electron chi connectivity index (χ0n) is 13.7. The van der Waals surface area contributed by atoms with Crippen molar-refractivity contribution in [3.8, 4) is 0 Å². The first-order valence-electron chi connectivity index (χ1n) is 7.58. The quantitative estimate of drug-likeness (QED) is 0.844. The van der Waals surface area contributed by atoms with Crippen LogP contribution in [-0.4, -0.2) is 53.6 Å². The minimum Gasteiger partial charge on any atom is -0.444 e. The lowest BCUT2D eigenvalue weighted by Crippen LogP contribution is -2.42. The van der Waals surface area contributed by atoms with E-state index in [1.165, 1.54) is 0 Å². The lowest BCUT2D eigenvalue weighted by molar-refractivity contribution is 0.0226. The Bertz CT molecular complexity index is 537. The molecule has 5 heteroatoms. The number of likely N-dealkylation sites (tertiary alicyclic amines) is 1. The normalized spacial score (nSPS) is 18.2. The van der Waals surface area contributed by atoms with Gasteiger partial charge in [-0.15, -0.1) is 0 Å². The van der Waals surface area contributed by atoms with E-state index in [0.29, 0.717) is 18.7 Å². The second-order valence-corrected chi connectivity index (χ2v) is 6.65. The molecule has 22 heavy (non-hydrogen) atoms. The average molecular weight is 304 g/mol. The molecule has 0 unspecified atom stereocenters. The number of benzene rings is 1. The van der Waals surface area contributed by atoms with Crippen LogP contribution in [0.3, 0.4) is 0 Å². The minimum atomic E-state index is -0.510. The first-order chi connectivity index (χ1) is 10.3. The summed E-state index contributed by atoms with van der Waals surface area (Å²) in [5, 5.41) is 0. The van der Waals surface area contributed by atoms with E-state index < -0.39 is 5.60 Å². The fourth-order valence-electron chi connectivity index (χ4n) is 2.49. The summed E-state index contributed by atoms with van der Waals surface area (Å²) >= 11 is 0. The molecule has 0 bridgehead atoms. The van der Waals surface area contributed by atoms with Gasteiger partial charge in [0.15, 0.2) is 0 Å². The zero-order valence-corrected chi connectivity index (χ0v) is 13.7. The van der Waals surface area contributed by atoms with Gasteiger partial charge in [0, 0.05) is 25.7 Å². The summed E-state index contributed by atoms with van der Waals surface area (Å²) in [6.07, 6.45) is 0.431. The van der Waals surface area contributed by atoms with E-state index in [1.54, 1.807) is 16.8 Å². The highest BCUT2D eigenvalue weighted by atomic mass is 16.6. The number of ether oxygens (including phenoxy) is 1. The van der Waals surface area contributed by atoms with E-state index in [4.69, 9.17) is 4.74 Å². The highest BCUT2D eigenvalue weighted by Gasteiger charge is 2.33. The van der Waals surface area contributed by atoms with Gasteiger partial charge in [0.2, 0.25) is 0 Å². The highest BCUT2D eigenvalue weighted by Crippen LogP contribution is 2.19. The Morgan fingerprint density at radius 3 is 2.45 bits per heavy atom. The standard InChI is InChI=1S/C17H24N2O3/c1-17(2,3)22-16(21)18(4)14-10-11-19(12-14)15(20)13-8-6-5-7-9-13/h5-9,14H,10-12H2,1-4H3/t14-/m0/s1. The molecule has 2 amide bonds. The van der Waals surface area contributed by atoms with E-state index >= 15 is 0 Å². The molecule has 0 N–H and O–H groups in total. The molecule has 1 aliphatic rings. The maximum Gasteiger partial charge on any atom is 0.410 e. The second kappa shape index (κ2) is 6.38. The SMILES string of the molecule is CN(C(=O)OC(C)(C)C)[C@H]1CCN(C(=O)c2ccccc2)C1. The van der Waals surface area contributed by atoms with Crippen molar-refractivity contribution < 1.29 is 14.3 Å². The smallest absolute Gasteiger partial charge is 0.410 e. The molecule has 0 saturated carbocycles. The first kappa shape index (κ1) is 16.3. The van der Waals surface area contributed by atoms with E-state index in [1.807, 2.05) is 51.1 Å². The highest BCUT2D eigenvalue weighted by molar-refractivity contribution is 5.94. The van der Waals surface area contributed by atoms with Crippen LogP contribution >= 0.6 is 0 Å². The van der Waals surface area contributed by atoms with Crippen LogP contribution in [0, 0.1) is 0 Å². The van der Waals surface area contributed by atoms with Gasteiger partial charge in [-0.2, -0.15) is 0 Å². The number of likely N-dealkylation sites (N-methyl/N-ethyl adjacent to an activating group) is 1. The summed E-state index contributed by atoms with van der Waals surface area (Å²) < 4.78 is 5.38. The molecule has 2 rings (SSSR count).